The fourth-order valence-electron chi connectivity index (χ4n) is 4.83. The van der Waals surface area contributed by atoms with Gasteiger partial charge in [0, 0.05) is 37.9 Å². The third-order valence-electron chi connectivity index (χ3n) is 6.69. The summed E-state index contributed by atoms with van der Waals surface area (Å²) in [5.41, 5.74) is 0.250. The Morgan fingerprint density at radius 2 is 2.08 bits per heavy atom. The molecule has 3 N–H and O–H groups in total. The van der Waals surface area contributed by atoms with Crippen LogP contribution in [0.5, 0.6) is 5.75 Å². The van der Waals surface area contributed by atoms with Crippen LogP contribution in [-0.2, 0) is 4.84 Å². The van der Waals surface area contributed by atoms with Crippen LogP contribution in [0.4, 0.5) is 10.1 Å². The van der Waals surface area contributed by atoms with E-state index in [1.165, 1.54) is 20.4 Å². The topological polar surface area (TPSA) is 138 Å². The summed E-state index contributed by atoms with van der Waals surface area (Å²) in [4.78, 5) is 47.0. The van der Waals surface area contributed by atoms with Crippen LogP contribution in [0.2, 0.25) is 0 Å². The average molecular weight is 512 g/mol. The number of nitrogens with one attached hydrogen (secondary N) is 2. The van der Waals surface area contributed by atoms with Crippen molar-refractivity contribution in [3.05, 3.63) is 57.9 Å². The minimum Gasteiger partial charge on any atom is -0.492 e. The molecule has 0 bridgehead atoms. The van der Waals surface area contributed by atoms with Crippen LogP contribution in [0.25, 0.3) is 10.9 Å². The number of aromatic carboxylic acids is 1. The summed E-state index contributed by atoms with van der Waals surface area (Å²) < 4.78 is 23.1. The monoisotopic (exact) mass is 511 g/mol. The Hall–Kier alpha value is -4.35. The quantitative estimate of drug-likeness (QED) is 0.415. The van der Waals surface area contributed by atoms with Crippen molar-refractivity contribution in [1.82, 2.24) is 14.9 Å². The van der Waals surface area contributed by atoms with E-state index in [-0.39, 0.29) is 35.3 Å². The van der Waals surface area contributed by atoms with Gasteiger partial charge in [-0.15, -0.1) is 0 Å². The summed E-state index contributed by atoms with van der Waals surface area (Å²) in [7, 11) is 2.80. The number of carboxylic acids is 1. The standard InChI is InChI=1S/C25H26FN5O6/c1-36-23-20-14(22(32)15(25(34)35)11-31(20)13-5-6-13)10-16(26)21(23)30-9-7-17(29-37-2)19(12-30)28-24(33)18-4-3-8-27-18/h3-4,8,10-11,13,19,27H,5-7,9,12H2,1-2H3,(H,28,33)(H,34,35)/b29-17+/t19-/m0/s1. The number of rotatable bonds is 7. The molecule has 12 heteroatoms. The number of benzene rings is 1. The third-order valence-corrected chi connectivity index (χ3v) is 6.69. The number of pyridine rings is 1. The summed E-state index contributed by atoms with van der Waals surface area (Å²) in [6, 6.07) is 3.81. The van der Waals surface area contributed by atoms with Crippen LogP contribution in [0.1, 0.15) is 46.2 Å². The molecule has 1 atom stereocenters. The van der Waals surface area contributed by atoms with Crippen molar-refractivity contribution < 1.29 is 28.7 Å². The minimum atomic E-state index is -1.37. The van der Waals surface area contributed by atoms with Crippen LogP contribution >= 0.6 is 0 Å². The molecule has 5 rings (SSSR count). The van der Waals surface area contributed by atoms with Gasteiger partial charge in [-0.25, -0.2) is 9.18 Å². The number of hydrogen-bond donors (Lipinski definition) is 3. The van der Waals surface area contributed by atoms with Gasteiger partial charge in [0.15, 0.2) is 11.6 Å². The van der Waals surface area contributed by atoms with Gasteiger partial charge in [-0.3, -0.25) is 9.59 Å². The molecule has 1 saturated heterocycles. The second-order valence-electron chi connectivity index (χ2n) is 9.02. The Morgan fingerprint density at radius 3 is 2.70 bits per heavy atom. The lowest BCUT2D eigenvalue weighted by atomic mass is 10.0. The zero-order chi connectivity index (χ0) is 26.3. The van der Waals surface area contributed by atoms with E-state index < -0.39 is 28.8 Å². The van der Waals surface area contributed by atoms with Crippen molar-refractivity contribution in [1.29, 1.82) is 0 Å². The summed E-state index contributed by atoms with van der Waals surface area (Å²) >= 11 is 0. The van der Waals surface area contributed by atoms with E-state index in [9.17, 15) is 19.5 Å². The van der Waals surface area contributed by atoms with Gasteiger partial charge in [0.2, 0.25) is 5.43 Å². The van der Waals surface area contributed by atoms with E-state index in [1.54, 1.807) is 27.8 Å². The molecule has 0 spiro atoms. The number of amides is 1. The summed E-state index contributed by atoms with van der Waals surface area (Å²) in [5, 5.41) is 16.5. The number of H-pyrrole nitrogens is 1. The Kier molecular flexibility index (Phi) is 6.32. The second-order valence-corrected chi connectivity index (χ2v) is 9.02. The van der Waals surface area contributed by atoms with Crippen molar-refractivity contribution in [3.63, 3.8) is 0 Å². The van der Waals surface area contributed by atoms with Crippen LogP contribution < -0.4 is 20.4 Å². The maximum Gasteiger partial charge on any atom is 0.341 e. The first-order chi connectivity index (χ1) is 17.8. The largest absolute Gasteiger partial charge is 0.492 e. The molecular formula is C25H26FN5O6. The Labute approximate surface area is 210 Å². The molecular weight excluding hydrogens is 485 g/mol. The normalized spacial score (nSPS) is 18.7. The van der Waals surface area contributed by atoms with Gasteiger partial charge < -0.3 is 34.4 Å². The lowest BCUT2D eigenvalue weighted by Gasteiger charge is -2.36. The molecule has 0 radical (unpaired) electrons. The first-order valence-electron chi connectivity index (χ1n) is 11.8. The van der Waals surface area contributed by atoms with Crippen LogP contribution in [0.15, 0.2) is 40.5 Å². The molecule has 1 aliphatic heterocycles. The number of carboxylic acid groups (broad SMARTS) is 1. The van der Waals surface area contributed by atoms with Crippen molar-refractivity contribution >= 4 is 34.2 Å². The fourth-order valence-corrected chi connectivity index (χ4v) is 4.83. The highest BCUT2D eigenvalue weighted by molar-refractivity contribution is 6.00. The minimum absolute atomic E-state index is 0.0111. The van der Waals surface area contributed by atoms with Crippen molar-refractivity contribution in [2.75, 3.05) is 32.2 Å². The zero-order valence-electron chi connectivity index (χ0n) is 20.3. The van der Waals surface area contributed by atoms with Gasteiger partial charge >= 0.3 is 5.97 Å². The molecule has 1 saturated carbocycles. The molecule has 3 aromatic rings. The van der Waals surface area contributed by atoms with Crippen LogP contribution in [0, 0.1) is 5.82 Å². The van der Waals surface area contributed by atoms with Gasteiger partial charge in [-0.05, 0) is 31.0 Å². The van der Waals surface area contributed by atoms with E-state index in [4.69, 9.17) is 9.57 Å². The predicted octanol–water partition coefficient (Wildman–Crippen LogP) is 2.52. The highest BCUT2D eigenvalue weighted by Gasteiger charge is 2.34. The lowest BCUT2D eigenvalue weighted by Crippen LogP contribution is -2.53. The average Bonchev–Trinajstić information content (AvgIpc) is 3.57. The second kappa shape index (κ2) is 9.60. The van der Waals surface area contributed by atoms with Crippen molar-refractivity contribution in [2.24, 2.45) is 5.16 Å². The first kappa shape index (κ1) is 24.3. The number of halogens is 1. The summed E-state index contributed by atoms with van der Waals surface area (Å²) in [6.07, 6.45) is 4.93. The molecule has 1 amide bonds. The van der Waals surface area contributed by atoms with Gasteiger partial charge in [0.05, 0.1) is 29.8 Å². The number of hydrogen-bond acceptors (Lipinski definition) is 7. The van der Waals surface area contributed by atoms with E-state index in [0.717, 1.165) is 18.9 Å². The highest BCUT2D eigenvalue weighted by atomic mass is 19.1. The molecule has 11 nitrogen and oxygen atoms in total. The number of carbonyl (C=O) groups is 2. The Balaban J connectivity index is 1.60. The number of carbonyl (C=O) groups excluding carboxylic acids is 1. The number of anilines is 1. The number of nitrogens with zero attached hydrogens (tertiary/aromatic N) is 3. The first-order valence-corrected chi connectivity index (χ1v) is 11.8. The van der Waals surface area contributed by atoms with E-state index >= 15 is 4.39 Å². The van der Waals surface area contributed by atoms with Gasteiger partial charge in [-0.1, -0.05) is 5.16 Å². The van der Waals surface area contributed by atoms with E-state index in [0.29, 0.717) is 29.9 Å². The summed E-state index contributed by atoms with van der Waals surface area (Å²) in [5.74, 6) is -2.31. The van der Waals surface area contributed by atoms with Gasteiger partial charge in [0.1, 0.15) is 24.1 Å². The molecule has 2 aromatic heterocycles. The summed E-state index contributed by atoms with van der Waals surface area (Å²) in [6.45, 7) is 0.505. The van der Waals surface area contributed by atoms with E-state index in [1.807, 2.05) is 0 Å². The molecule has 2 aliphatic rings. The lowest BCUT2D eigenvalue weighted by molar-refractivity contribution is 0.0694. The number of methoxy groups -OCH3 is 1. The SMILES string of the molecule is CO/N=C1\CCN(c2c(F)cc3c(=O)c(C(=O)O)cn(C4CC4)c3c2OC)C[C@@H]1NC(=O)c1ccc[nH]1. The number of piperidine rings is 1. The third kappa shape index (κ3) is 4.39. The predicted molar refractivity (Wildman–Crippen MR) is 133 cm³/mol. The molecule has 2 fully saturated rings. The maximum absolute atomic E-state index is 15.7. The number of aromatic nitrogens is 2. The van der Waals surface area contributed by atoms with Gasteiger partial charge in [0.25, 0.3) is 5.91 Å². The fraction of sp³-hybridized carbons (Fsp3) is 0.360. The van der Waals surface area contributed by atoms with E-state index in [2.05, 4.69) is 15.5 Å². The molecule has 37 heavy (non-hydrogen) atoms. The molecule has 0 unspecified atom stereocenters. The number of fused-ring (bicyclic) bond motifs is 1. The van der Waals surface area contributed by atoms with Crippen molar-refractivity contribution in [2.45, 2.75) is 31.3 Å². The molecule has 3 heterocycles. The molecule has 1 aromatic carbocycles. The highest BCUT2D eigenvalue weighted by Crippen LogP contribution is 2.44. The molecule has 1 aliphatic carbocycles. The Bertz CT molecular complexity index is 1460. The molecule has 194 valence electrons. The number of aromatic amines is 1. The smallest absolute Gasteiger partial charge is 0.341 e. The van der Waals surface area contributed by atoms with Gasteiger partial charge in [-0.2, -0.15) is 0 Å². The maximum atomic E-state index is 15.7. The van der Waals surface area contributed by atoms with Crippen molar-refractivity contribution in [3.8, 4) is 5.75 Å². The van der Waals surface area contributed by atoms with Crippen LogP contribution in [0.3, 0.4) is 0 Å². The van der Waals surface area contributed by atoms with Crippen LogP contribution in [-0.4, -0.2) is 65.6 Å². The zero-order valence-corrected chi connectivity index (χ0v) is 20.3. The Morgan fingerprint density at radius 1 is 1.30 bits per heavy atom. The number of ether oxygens (including phenoxy) is 1. The number of oxime groups is 1.